The third-order valence-corrected chi connectivity index (χ3v) is 3.92. The number of benzene rings is 1. The fourth-order valence-electron chi connectivity index (χ4n) is 2.53. The van der Waals surface area contributed by atoms with Crippen molar-refractivity contribution >= 4 is 6.03 Å². The second-order valence-corrected chi connectivity index (χ2v) is 6.65. The number of nitrogens with zero attached hydrogens (tertiary/aromatic N) is 3. The summed E-state index contributed by atoms with van der Waals surface area (Å²) in [6.45, 7) is 9.12. The number of aromatic nitrogens is 2. The Morgan fingerprint density at radius 3 is 2.48 bits per heavy atom. The van der Waals surface area contributed by atoms with E-state index in [1.54, 1.807) is 18.2 Å². The van der Waals surface area contributed by atoms with E-state index in [1.807, 2.05) is 58.2 Å². The molecule has 1 N–H and O–H groups in total. The summed E-state index contributed by atoms with van der Waals surface area (Å²) < 4.78 is 7.26. The van der Waals surface area contributed by atoms with Crippen molar-refractivity contribution in [2.45, 2.75) is 52.9 Å². The minimum absolute atomic E-state index is 0.0657. The van der Waals surface area contributed by atoms with Crippen LogP contribution in [-0.2, 0) is 13.1 Å². The summed E-state index contributed by atoms with van der Waals surface area (Å²) in [5.41, 5.74) is 1.16. The van der Waals surface area contributed by atoms with Crippen LogP contribution in [0.1, 0.15) is 39.1 Å². The molecule has 1 aromatic heterocycles. The van der Waals surface area contributed by atoms with Gasteiger partial charge in [0.15, 0.2) is 0 Å². The number of carbonyl (C=O) groups excluding carboxylic acids is 1. The van der Waals surface area contributed by atoms with Gasteiger partial charge in [0.25, 0.3) is 0 Å². The van der Waals surface area contributed by atoms with Gasteiger partial charge in [-0.2, -0.15) is 0 Å². The van der Waals surface area contributed by atoms with Crippen molar-refractivity contribution in [2.24, 2.45) is 0 Å². The highest BCUT2D eigenvalue weighted by Gasteiger charge is 2.20. The second kappa shape index (κ2) is 8.55. The smallest absolute Gasteiger partial charge is 0.318 e. The maximum atomic E-state index is 12.4. The van der Waals surface area contributed by atoms with Crippen LogP contribution < -0.4 is 10.1 Å². The first kappa shape index (κ1) is 18.8. The Morgan fingerprint density at radius 1 is 1.24 bits per heavy atom. The molecule has 0 aliphatic carbocycles. The number of hydrogen-bond acceptors (Lipinski definition) is 3. The molecule has 2 aromatic rings. The van der Waals surface area contributed by atoms with E-state index in [1.165, 1.54) is 0 Å². The fraction of sp³-hybridized carbons (Fsp3) is 0.474. The predicted octanol–water partition coefficient (Wildman–Crippen LogP) is 3.27. The zero-order valence-electron chi connectivity index (χ0n) is 15.7. The highest BCUT2D eigenvalue weighted by molar-refractivity contribution is 5.74. The molecule has 25 heavy (non-hydrogen) atoms. The van der Waals surface area contributed by atoms with E-state index < -0.39 is 0 Å². The zero-order valence-corrected chi connectivity index (χ0v) is 15.7. The van der Waals surface area contributed by atoms with E-state index in [-0.39, 0.29) is 18.1 Å². The lowest BCUT2D eigenvalue weighted by atomic mass is 10.2. The van der Waals surface area contributed by atoms with E-state index in [2.05, 4.69) is 14.9 Å². The molecular weight excluding hydrogens is 316 g/mol. The number of rotatable bonds is 7. The molecule has 0 unspecified atom stereocenters. The lowest BCUT2D eigenvalue weighted by Crippen LogP contribution is -2.46. The van der Waals surface area contributed by atoms with Gasteiger partial charge in [-0.05, 0) is 45.4 Å². The van der Waals surface area contributed by atoms with E-state index in [9.17, 15) is 4.79 Å². The second-order valence-electron chi connectivity index (χ2n) is 6.65. The molecule has 0 atom stereocenters. The Morgan fingerprint density at radius 2 is 1.92 bits per heavy atom. The first-order valence-corrected chi connectivity index (χ1v) is 8.60. The maximum Gasteiger partial charge on any atom is 0.318 e. The van der Waals surface area contributed by atoms with Crippen molar-refractivity contribution in [3.63, 3.8) is 0 Å². The third-order valence-electron chi connectivity index (χ3n) is 3.92. The molecule has 0 radical (unpaired) electrons. The number of hydrogen-bond donors (Lipinski definition) is 1. The van der Waals surface area contributed by atoms with Crippen LogP contribution in [0.4, 0.5) is 4.79 Å². The lowest BCUT2D eigenvalue weighted by Gasteiger charge is -2.28. The third kappa shape index (κ3) is 5.24. The van der Waals surface area contributed by atoms with Crippen molar-refractivity contribution in [2.75, 3.05) is 7.11 Å². The SMILES string of the molecule is COc1ccc(Cn2ccnc2CN(C(=O)NC(C)C)C(C)C)cc1. The van der Waals surface area contributed by atoms with Crippen LogP contribution >= 0.6 is 0 Å². The number of nitrogens with one attached hydrogen (secondary N) is 1. The molecule has 0 saturated carbocycles. The number of imidazole rings is 1. The molecule has 0 saturated heterocycles. The number of methoxy groups -OCH3 is 1. The van der Waals surface area contributed by atoms with Crippen molar-refractivity contribution in [1.82, 2.24) is 19.8 Å². The van der Waals surface area contributed by atoms with Gasteiger partial charge in [0.1, 0.15) is 11.6 Å². The summed E-state index contributed by atoms with van der Waals surface area (Å²) in [5.74, 6) is 1.70. The Kier molecular flexibility index (Phi) is 6.44. The van der Waals surface area contributed by atoms with E-state index in [4.69, 9.17) is 4.74 Å². The molecule has 136 valence electrons. The number of amides is 2. The minimum atomic E-state index is -0.0657. The van der Waals surface area contributed by atoms with E-state index in [0.29, 0.717) is 13.1 Å². The zero-order chi connectivity index (χ0) is 18.4. The van der Waals surface area contributed by atoms with Gasteiger partial charge in [0, 0.05) is 31.0 Å². The van der Waals surface area contributed by atoms with Crippen molar-refractivity contribution in [3.05, 3.63) is 48.0 Å². The Bertz CT molecular complexity index is 677. The van der Waals surface area contributed by atoms with Gasteiger partial charge >= 0.3 is 6.03 Å². The van der Waals surface area contributed by atoms with Gasteiger partial charge in [-0.25, -0.2) is 9.78 Å². The Labute approximate surface area is 149 Å². The van der Waals surface area contributed by atoms with Crippen LogP contribution in [0.15, 0.2) is 36.7 Å². The molecular formula is C19H28N4O2. The fourth-order valence-corrected chi connectivity index (χ4v) is 2.53. The predicted molar refractivity (Wildman–Crippen MR) is 98.7 cm³/mol. The molecule has 0 aliphatic heterocycles. The average molecular weight is 344 g/mol. The maximum absolute atomic E-state index is 12.4. The quantitative estimate of drug-likeness (QED) is 0.838. The normalized spacial score (nSPS) is 11.0. The topological polar surface area (TPSA) is 59.4 Å². The molecule has 0 bridgehead atoms. The average Bonchev–Trinajstić information content (AvgIpc) is 2.99. The van der Waals surface area contributed by atoms with Crippen molar-refractivity contribution < 1.29 is 9.53 Å². The van der Waals surface area contributed by atoms with Gasteiger partial charge in [-0.15, -0.1) is 0 Å². The molecule has 2 amide bonds. The molecule has 0 fully saturated rings. The van der Waals surface area contributed by atoms with Gasteiger partial charge in [-0.1, -0.05) is 12.1 Å². The first-order valence-electron chi connectivity index (χ1n) is 8.60. The molecule has 6 nitrogen and oxygen atoms in total. The number of carbonyl (C=O) groups is 1. The number of ether oxygens (including phenoxy) is 1. The summed E-state index contributed by atoms with van der Waals surface area (Å²) in [6, 6.07) is 8.09. The van der Waals surface area contributed by atoms with Gasteiger partial charge in [-0.3, -0.25) is 0 Å². The van der Waals surface area contributed by atoms with Gasteiger partial charge < -0.3 is 19.5 Å². The van der Waals surface area contributed by atoms with Crippen molar-refractivity contribution in [3.8, 4) is 5.75 Å². The van der Waals surface area contributed by atoms with Crippen LogP contribution in [-0.4, -0.2) is 39.7 Å². The molecule has 1 aromatic carbocycles. The van der Waals surface area contributed by atoms with Crippen LogP contribution in [0.2, 0.25) is 0 Å². The Balaban J connectivity index is 2.11. The van der Waals surface area contributed by atoms with Crippen LogP contribution in [0.25, 0.3) is 0 Å². The van der Waals surface area contributed by atoms with Crippen LogP contribution in [0.5, 0.6) is 5.75 Å². The van der Waals surface area contributed by atoms with Crippen molar-refractivity contribution in [1.29, 1.82) is 0 Å². The van der Waals surface area contributed by atoms with Crippen LogP contribution in [0.3, 0.4) is 0 Å². The molecule has 0 spiro atoms. The number of urea groups is 1. The van der Waals surface area contributed by atoms with E-state index in [0.717, 1.165) is 17.1 Å². The molecule has 2 rings (SSSR count). The van der Waals surface area contributed by atoms with Gasteiger partial charge in [0.05, 0.1) is 13.7 Å². The molecule has 1 heterocycles. The molecule has 0 aliphatic rings. The highest BCUT2D eigenvalue weighted by Crippen LogP contribution is 2.14. The molecule has 6 heteroatoms. The van der Waals surface area contributed by atoms with E-state index >= 15 is 0 Å². The lowest BCUT2D eigenvalue weighted by molar-refractivity contribution is 0.174. The minimum Gasteiger partial charge on any atom is -0.497 e. The highest BCUT2D eigenvalue weighted by atomic mass is 16.5. The van der Waals surface area contributed by atoms with Crippen LogP contribution in [0, 0.1) is 0 Å². The summed E-state index contributed by atoms with van der Waals surface area (Å²) >= 11 is 0. The Hall–Kier alpha value is -2.50. The summed E-state index contributed by atoms with van der Waals surface area (Å²) in [5, 5.41) is 2.95. The van der Waals surface area contributed by atoms with Gasteiger partial charge in [0.2, 0.25) is 0 Å². The summed E-state index contributed by atoms with van der Waals surface area (Å²) in [7, 11) is 1.66. The largest absolute Gasteiger partial charge is 0.497 e. The first-order chi connectivity index (χ1) is 11.9. The summed E-state index contributed by atoms with van der Waals surface area (Å²) in [4.78, 5) is 18.7. The monoisotopic (exact) mass is 344 g/mol. The summed E-state index contributed by atoms with van der Waals surface area (Å²) in [6.07, 6.45) is 3.72. The standard InChI is InChI=1S/C19H28N4O2/c1-14(2)21-19(24)23(15(3)4)13-18-20-10-11-22(18)12-16-6-8-17(25-5)9-7-16/h6-11,14-15H,12-13H2,1-5H3,(H,21,24).